The zero-order valence-corrected chi connectivity index (χ0v) is 18.0. The van der Waals surface area contributed by atoms with Crippen LogP contribution in [0.25, 0.3) is 0 Å². The van der Waals surface area contributed by atoms with E-state index in [9.17, 15) is 4.79 Å². The number of unbranched alkanes of at least 4 members (excludes halogenated alkanes) is 1. The first-order valence-electron chi connectivity index (χ1n) is 10.5. The van der Waals surface area contributed by atoms with Gasteiger partial charge in [0.05, 0.1) is 0 Å². The lowest BCUT2D eigenvalue weighted by molar-refractivity contribution is 0.0565. The molecule has 0 aliphatic carbocycles. The third-order valence-electron chi connectivity index (χ3n) is 5.19. The van der Waals surface area contributed by atoms with E-state index < -0.39 is 5.60 Å². The summed E-state index contributed by atoms with van der Waals surface area (Å²) in [6.07, 6.45) is 7.02. The number of anilines is 1. The number of carbonyl (C=O) groups is 1. The Kier molecular flexibility index (Phi) is 7.66. The van der Waals surface area contributed by atoms with Crippen LogP contribution in [-0.4, -0.2) is 40.7 Å². The molecule has 0 bridgehead atoms. The molecule has 5 nitrogen and oxygen atoms in total. The fraction of sp³-hybridized carbons (Fsp3) is 0.727. The average molecular weight is 376 g/mol. The number of hydrogen-bond acceptors (Lipinski definition) is 4. The van der Waals surface area contributed by atoms with E-state index in [1.807, 2.05) is 26.8 Å². The first-order valence-corrected chi connectivity index (χ1v) is 10.5. The van der Waals surface area contributed by atoms with Crippen LogP contribution in [-0.2, 0) is 4.74 Å². The Morgan fingerprint density at radius 2 is 2.15 bits per heavy atom. The summed E-state index contributed by atoms with van der Waals surface area (Å²) in [6, 6.07) is 4.48. The lowest BCUT2D eigenvalue weighted by Gasteiger charge is -2.34. The standard InChI is InChI=1S/C22H37N3O2/c1-7-9-15-24-16-11-13-19(24)18-12-10-14-23-20(18)25(17(3)8-2)21(26)27-22(4,5)6/h10,12,14,17,19H,7-9,11,13,15-16H2,1-6H3/t17-,19+/m0/s1. The van der Waals surface area contributed by atoms with E-state index in [4.69, 9.17) is 4.74 Å². The average Bonchev–Trinajstić information content (AvgIpc) is 3.07. The zero-order chi connectivity index (χ0) is 20.0. The van der Waals surface area contributed by atoms with E-state index in [0.29, 0.717) is 6.04 Å². The molecule has 0 aromatic carbocycles. The largest absolute Gasteiger partial charge is 0.443 e. The minimum atomic E-state index is -0.530. The number of pyridine rings is 1. The minimum Gasteiger partial charge on any atom is -0.443 e. The Balaban J connectivity index is 2.38. The highest BCUT2D eigenvalue weighted by molar-refractivity contribution is 5.88. The fourth-order valence-electron chi connectivity index (χ4n) is 3.65. The van der Waals surface area contributed by atoms with Crippen LogP contribution in [0.5, 0.6) is 0 Å². The minimum absolute atomic E-state index is 0.0268. The molecule has 0 saturated carbocycles. The number of hydrogen-bond donors (Lipinski definition) is 0. The molecule has 0 unspecified atom stereocenters. The van der Waals surface area contributed by atoms with Gasteiger partial charge in [-0.2, -0.15) is 0 Å². The Bertz CT molecular complexity index is 612. The lowest BCUT2D eigenvalue weighted by atomic mass is 10.0. The van der Waals surface area contributed by atoms with Crippen LogP contribution < -0.4 is 4.90 Å². The molecule has 2 heterocycles. The van der Waals surface area contributed by atoms with E-state index in [-0.39, 0.29) is 12.1 Å². The molecule has 1 fully saturated rings. The summed E-state index contributed by atoms with van der Waals surface area (Å²) in [6.45, 7) is 14.3. The van der Waals surface area contributed by atoms with Crippen molar-refractivity contribution in [3.63, 3.8) is 0 Å². The second-order valence-corrected chi connectivity index (χ2v) is 8.57. The van der Waals surface area contributed by atoms with Crippen molar-refractivity contribution in [2.75, 3.05) is 18.0 Å². The zero-order valence-electron chi connectivity index (χ0n) is 18.0. The van der Waals surface area contributed by atoms with Crippen molar-refractivity contribution in [1.29, 1.82) is 0 Å². The van der Waals surface area contributed by atoms with Crippen molar-refractivity contribution in [1.82, 2.24) is 9.88 Å². The Morgan fingerprint density at radius 3 is 2.78 bits per heavy atom. The predicted molar refractivity (Wildman–Crippen MR) is 111 cm³/mol. The molecule has 0 radical (unpaired) electrons. The second-order valence-electron chi connectivity index (χ2n) is 8.57. The lowest BCUT2D eigenvalue weighted by Crippen LogP contribution is -2.43. The SMILES string of the molecule is CCCCN1CCC[C@@H]1c1cccnc1N(C(=O)OC(C)(C)C)[C@@H](C)CC. The van der Waals surface area contributed by atoms with Gasteiger partial charge in [0.25, 0.3) is 0 Å². The van der Waals surface area contributed by atoms with Gasteiger partial charge < -0.3 is 4.74 Å². The van der Waals surface area contributed by atoms with Gasteiger partial charge in [-0.3, -0.25) is 9.80 Å². The molecule has 152 valence electrons. The Hall–Kier alpha value is -1.62. The van der Waals surface area contributed by atoms with Gasteiger partial charge in [0.15, 0.2) is 0 Å². The summed E-state index contributed by atoms with van der Waals surface area (Å²) in [7, 11) is 0. The van der Waals surface area contributed by atoms with Crippen LogP contribution in [0.2, 0.25) is 0 Å². The molecule has 0 spiro atoms. The van der Waals surface area contributed by atoms with Crippen molar-refractivity contribution in [2.24, 2.45) is 0 Å². The topological polar surface area (TPSA) is 45.7 Å². The molecule has 1 aromatic rings. The fourth-order valence-corrected chi connectivity index (χ4v) is 3.65. The number of ether oxygens (including phenoxy) is 1. The van der Waals surface area contributed by atoms with Crippen molar-refractivity contribution >= 4 is 11.9 Å². The molecule has 27 heavy (non-hydrogen) atoms. The van der Waals surface area contributed by atoms with Gasteiger partial charge in [-0.25, -0.2) is 9.78 Å². The highest BCUT2D eigenvalue weighted by Crippen LogP contribution is 2.37. The predicted octanol–water partition coefficient (Wildman–Crippen LogP) is 5.56. The Morgan fingerprint density at radius 1 is 1.41 bits per heavy atom. The van der Waals surface area contributed by atoms with Crippen LogP contribution in [0, 0.1) is 0 Å². The van der Waals surface area contributed by atoms with Crippen molar-refractivity contribution < 1.29 is 9.53 Å². The highest BCUT2D eigenvalue weighted by Gasteiger charge is 2.34. The summed E-state index contributed by atoms with van der Waals surface area (Å²) in [5, 5.41) is 0. The first-order chi connectivity index (χ1) is 12.8. The molecule has 1 saturated heterocycles. The third kappa shape index (κ3) is 5.68. The van der Waals surface area contributed by atoms with Gasteiger partial charge in [0.2, 0.25) is 0 Å². The molecule has 1 amide bonds. The summed E-state index contributed by atoms with van der Waals surface area (Å²) in [5.74, 6) is 0.759. The number of rotatable bonds is 7. The molecule has 2 rings (SSSR count). The molecule has 1 aliphatic rings. The van der Waals surface area contributed by atoms with E-state index in [2.05, 4.69) is 36.7 Å². The maximum Gasteiger partial charge on any atom is 0.416 e. The number of amides is 1. The third-order valence-corrected chi connectivity index (χ3v) is 5.19. The molecule has 5 heteroatoms. The molecule has 0 N–H and O–H groups in total. The van der Waals surface area contributed by atoms with Crippen LogP contribution in [0.4, 0.5) is 10.6 Å². The maximum absolute atomic E-state index is 13.0. The van der Waals surface area contributed by atoms with E-state index >= 15 is 0 Å². The normalized spacial score (nSPS) is 19.1. The van der Waals surface area contributed by atoms with E-state index in [1.54, 1.807) is 11.1 Å². The molecule has 1 aromatic heterocycles. The maximum atomic E-state index is 13.0. The number of carbonyl (C=O) groups excluding carboxylic acids is 1. The Labute approximate surface area is 165 Å². The van der Waals surface area contributed by atoms with Crippen molar-refractivity contribution in [2.45, 2.75) is 91.3 Å². The van der Waals surface area contributed by atoms with Crippen LogP contribution >= 0.6 is 0 Å². The van der Waals surface area contributed by atoms with Crippen molar-refractivity contribution in [3.8, 4) is 0 Å². The van der Waals surface area contributed by atoms with Gasteiger partial charge in [-0.05, 0) is 72.5 Å². The van der Waals surface area contributed by atoms with E-state index in [0.717, 1.165) is 37.3 Å². The quantitative estimate of drug-likeness (QED) is 0.626. The second kappa shape index (κ2) is 9.54. The molecular formula is C22H37N3O2. The first kappa shape index (κ1) is 21.7. The van der Waals surface area contributed by atoms with Crippen LogP contribution in [0.3, 0.4) is 0 Å². The van der Waals surface area contributed by atoms with Crippen LogP contribution in [0.15, 0.2) is 18.3 Å². The van der Waals surface area contributed by atoms with Gasteiger partial charge in [0.1, 0.15) is 11.4 Å². The van der Waals surface area contributed by atoms with Gasteiger partial charge in [-0.1, -0.05) is 26.3 Å². The van der Waals surface area contributed by atoms with Gasteiger partial charge in [-0.15, -0.1) is 0 Å². The molecule has 1 aliphatic heterocycles. The summed E-state index contributed by atoms with van der Waals surface area (Å²) in [5.41, 5.74) is 0.621. The summed E-state index contributed by atoms with van der Waals surface area (Å²) in [4.78, 5) is 22.0. The summed E-state index contributed by atoms with van der Waals surface area (Å²) < 4.78 is 5.72. The molecule has 2 atom stereocenters. The number of likely N-dealkylation sites (tertiary alicyclic amines) is 1. The smallest absolute Gasteiger partial charge is 0.416 e. The number of aromatic nitrogens is 1. The summed E-state index contributed by atoms with van der Waals surface area (Å²) >= 11 is 0. The van der Waals surface area contributed by atoms with Crippen LogP contribution in [0.1, 0.15) is 85.3 Å². The highest BCUT2D eigenvalue weighted by atomic mass is 16.6. The monoisotopic (exact) mass is 375 g/mol. The van der Waals surface area contributed by atoms with Crippen molar-refractivity contribution in [3.05, 3.63) is 23.9 Å². The van der Waals surface area contributed by atoms with E-state index in [1.165, 1.54) is 19.3 Å². The van der Waals surface area contributed by atoms with Gasteiger partial charge in [0, 0.05) is 23.8 Å². The molecular weight excluding hydrogens is 338 g/mol. The van der Waals surface area contributed by atoms with Gasteiger partial charge >= 0.3 is 6.09 Å². The number of nitrogens with zero attached hydrogens (tertiary/aromatic N) is 3.